The number of rotatable bonds is 7. The van der Waals surface area contributed by atoms with Crippen molar-refractivity contribution in [1.29, 1.82) is 0 Å². The molecule has 2 heteroatoms. The molecule has 0 nitrogen and oxygen atoms in total. The molecule has 0 aliphatic rings. The molecule has 0 radical (unpaired) electrons. The molecule has 0 spiro atoms. The highest BCUT2D eigenvalue weighted by molar-refractivity contribution is 7.26. The molecule has 0 aliphatic carbocycles. The second-order valence-electron chi connectivity index (χ2n) is 12.9. The third-order valence-corrected chi connectivity index (χ3v) is 12.2. The van der Waals surface area contributed by atoms with Crippen LogP contribution in [0.1, 0.15) is 17.4 Å². The second-order valence-corrected chi connectivity index (χ2v) is 15.0. The molecule has 0 N–H and O–H groups in total. The number of allylic oxidation sites excluding steroid dienone is 1. The smallest absolute Gasteiger partial charge is 0.0433 e. The molecule has 51 heavy (non-hydrogen) atoms. The van der Waals surface area contributed by atoms with Crippen molar-refractivity contribution in [3.05, 3.63) is 181 Å². The van der Waals surface area contributed by atoms with E-state index < -0.39 is 0 Å². The SMILES string of the molecule is C=Cc1c(/C=C\C)sc2c(-c3cc(-c4cc(-c5ccccc5)cc(-c5ccccc5)c4)cc(-c4cccc5c4sc4ccccc45)c3)cccc12. The Morgan fingerprint density at radius 1 is 0.431 bits per heavy atom. The molecule has 2 aromatic heterocycles. The summed E-state index contributed by atoms with van der Waals surface area (Å²) in [4.78, 5) is 1.24. The van der Waals surface area contributed by atoms with Crippen LogP contribution in [0.15, 0.2) is 170 Å². The highest BCUT2D eigenvalue weighted by Crippen LogP contribution is 2.45. The first kappa shape index (κ1) is 31.2. The van der Waals surface area contributed by atoms with Gasteiger partial charge in [-0.15, -0.1) is 22.7 Å². The summed E-state index contributed by atoms with van der Waals surface area (Å²) in [5.74, 6) is 0. The predicted molar refractivity (Wildman–Crippen MR) is 227 cm³/mol. The first-order valence-corrected chi connectivity index (χ1v) is 18.9. The van der Waals surface area contributed by atoms with Crippen LogP contribution in [0.4, 0.5) is 0 Å². The molecule has 2 heterocycles. The van der Waals surface area contributed by atoms with Crippen molar-refractivity contribution in [2.24, 2.45) is 0 Å². The van der Waals surface area contributed by atoms with Crippen LogP contribution in [0.3, 0.4) is 0 Å². The first-order chi connectivity index (χ1) is 25.2. The van der Waals surface area contributed by atoms with Gasteiger partial charge >= 0.3 is 0 Å². The van der Waals surface area contributed by atoms with E-state index in [0.29, 0.717) is 0 Å². The minimum Gasteiger partial charge on any atom is -0.135 e. The fourth-order valence-corrected chi connectivity index (χ4v) is 9.89. The van der Waals surface area contributed by atoms with E-state index in [1.54, 1.807) is 0 Å². The maximum Gasteiger partial charge on any atom is 0.0433 e. The number of thiophene rings is 2. The van der Waals surface area contributed by atoms with Gasteiger partial charge in [0.1, 0.15) is 0 Å². The van der Waals surface area contributed by atoms with Gasteiger partial charge in [0.15, 0.2) is 0 Å². The van der Waals surface area contributed by atoms with Crippen LogP contribution in [-0.2, 0) is 0 Å². The van der Waals surface area contributed by atoms with Gasteiger partial charge in [0, 0.05) is 35.1 Å². The Labute approximate surface area is 306 Å². The summed E-state index contributed by atoms with van der Waals surface area (Å²) in [5, 5.41) is 3.87. The Bertz CT molecular complexity index is 2700. The summed E-state index contributed by atoms with van der Waals surface area (Å²) in [5.41, 5.74) is 13.4. The van der Waals surface area contributed by atoms with Crippen molar-refractivity contribution in [3.8, 4) is 55.6 Å². The maximum atomic E-state index is 4.19. The van der Waals surface area contributed by atoms with Crippen LogP contribution >= 0.6 is 22.7 Å². The van der Waals surface area contributed by atoms with Crippen LogP contribution in [0.5, 0.6) is 0 Å². The molecular formula is C49H34S2. The van der Waals surface area contributed by atoms with E-state index in [0.717, 1.165) is 0 Å². The molecule has 7 aromatic carbocycles. The highest BCUT2D eigenvalue weighted by Gasteiger charge is 2.17. The van der Waals surface area contributed by atoms with Crippen molar-refractivity contribution in [2.75, 3.05) is 0 Å². The number of hydrogen-bond acceptors (Lipinski definition) is 2. The van der Waals surface area contributed by atoms with Gasteiger partial charge in [-0.1, -0.05) is 134 Å². The monoisotopic (exact) mass is 686 g/mol. The Kier molecular flexibility index (Phi) is 8.05. The Morgan fingerprint density at radius 3 is 1.49 bits per heavy atom. The molecule has 9 aromatic rings. The normalized spacial score (nSPS) is 11.6. The molecule has 9 rings (SSSR count). The van der Waals surface area contributed by atoms with Gasteiger partial charge in [-0.05, 0) is 117 Å². The number of benzene rings is 7. The fourth-order valence-electron chi connectivity index (χ4n) is 7.34. The van der Waals surface area contributed by atoms with Crippen LogP contribution in [0.25, 0.3) is 98.0 Å². The summed E-state index contributed by atoms with van der Waals surface area (Å²) >= 11 is 3.73. The van der Waals surface area contributed by atoms with Crippen molar-refractivity contribution in [3.63, 3.8) is 0 Å². The fraction of sp³-hybridized carbons (Fsp3) is 0.0204. The van der Waals surface area contributed by atoms with Crippen molar-refractivity contribution in [1.82, 2.24) is 0 Å². The third-order valence-electron chi connectivity index (χ3n) is 9.74. The molecule has 0 saturated heterocycles. The quantitative estimate of drug-likeness (QED) is 0.157. The van der Waals surface area contributed by atoms with Crippen molar-refractivity contribution >= 4 is 65.1 Å². The van der Waals surface area contributed by atoms with Crippen molar-refractivity contribution < 1.29 is 0 Å². The lowest BCUT2D eigenvalue weighted by molar-refractivity contribution is 1.56. The zero-order chi connectivity index (χ0) is 34.3. The topological polar surface area (TPSA) is 0 Å². The lowest BCUT2D eigenvalue weighted by Crippen LogP contribution is -1.89. The van der Waals surface area contributed by atoms with E-state index in [2.05, 4.69) is 183 Å². The van der Waals surface area contributed by atoms with E-state index in [4.69, 9.17) is 0 Å². The van der Waals surface area contributed by atoms with Gasteiger partial charge in [-0.25, -0.2) is 0 Å². The average molecular weight is 687 g/mol. The standard InChI is InChI=1S/C49H34S2/c1-3-15-46-40(4-2)44-23-13-21-41(48(44)50-46)38-29-37(30-39(31-38)42-22-14-24-45-43-20-11-12-25-47(43)51-49(42)45)36-27-34(32-16-7-5-8-17-32)26-35(28-36)33-18-9-6-10-19-33/h3-31H,2H2,1H3/b15-3-. The predicted octanol–water partition coefficient (Wildman–Crippen LogP) is 15.3. The summed E-state index contributed by atoms with van der Waals surface area (Å²) in [6.45, 7) is 6.27. The minimum absolute atomic E-state index is 1.20. The van der Waals surface area contributed by atoms with Gasteiger partial charge in [-0.2, -0.15) is 0 Å². The molecule has 0 unspecified atom stereocenters. The molecule has 242 valence electrons. The van der Waals surface area contributed by atoms with E-state index in [-0.39, 0.29) is 0 Å². The first-order valence-electron chi connectivity index (χ1n) is 17.3. The molecule has 0 amide bonds. The maximum absolute atomic E-state index is 4.19. The van der Waals surface area contributed by atoms with E-state index >= 15 is 0 Å². The molecule has 0 bridgehead atoms. The lowest BCUT2D eigenvalue weighted by atomic mass is 9.89. The largest absolute Gasteiger partial charge is 0.135 e. The Morgan fingerprint density at radius 2 is 0.902 bits per heavy atom. The Balaban J connectivity index is 1.34. The van der Waals surface area contributed by atoms with E-state index in [9.17, 15) is 0 Å². The van der Waals surface area contributed by atoms with Gasteiger partial charge < -0.3 is 0 Å². The summed E-state index contributed by atoms with van der Waals surface area (Å²) < 4.78 is 3.92. The van der Waals surface area contributed by atoms with Crippen LogP contribution in [-0.4, -0.2) is 0 Å². The van der Waals surface area contributed by atoms with Crippen LogP contribution in [0, 0.1) is 0 Å². The number of fused-ring (bicyclic) bond motifs is 4. The Hall–Kier alpha value is -5.80. The van der Waals surface area contributed by atoms with Gasteiger partial charge in [0.2, 0.25) is 0 Å². The van der Waals surface area contributed by atoms with Crippen LogP contribution < -0.4 is 0 Å². The number of hydrogen-bond donors (Lipinski definition) is 0. The summed E-state index contributed by atoms with van der Waals surface area (Å²) in [6.07, 6.45) is 6.32. The average Bonchev–Trinajstić information content (AvgIpc) is 3.76. The van der Waals surface area contributed by atoms with Crippen molar-refractivity contribution in [2.45, 2.75) is 6.92 Å². The highest BCUT2D eigenvalue weighted by atomic mass is 32.1. The molecule has 0 atom stereocenters. The van der Waals surface area contributed by atoms with E-state index in [1.807, 2.05) is 28.7 Å². The zero-order valence-corrected chi connectivity index (χ0v) is 29.9. The zero-order valence-electron chi connectivity index (χ0n) is 28.3. The second kappa shape index (κ2) is 13.2. The van der Waals surface area contributed by atoms with E-state index in [1.165, 1.54) is 96.3 Å². The molecule has 0 aliphatic heterocycles. The van der Waals surface area contributed by atoms with Gasteiger partial charge in [-0.3, -0.25) is 0 Å². The summed E-state index contributed by atoms with van der Waals surface area (Å²) in [6, 6.07) is 58.0. The minimum atomic E-state index is 1.20. The summed E-state index contributed by atoms with van der Waals surface area (Å²) in [7, 11) is 0. The molecular weight excluding hydrogens is 653 g/mol. The third kappa shape index (κ3) is 5.63. The lowest BCUT2D eigenvalue weighted by Gasteiger charge is -2.15. The van der Waals surface area contributed by atoms with Gasteiger partial charge in [0.25, 0.3) is 0 Å². The molecule has 0 fully saturated rings. The molecule has 0 saturated carbocycles. The van der Waals surface area contributed by atoms with Crippen LogP contribution in [0.2, 0.25) is 0 Å². The van der Waals surface area contributed by atoms with Gasteiger partial charge in [0.05, 0.1) is 0 Å².